The van der Waals surface area contributed by atoms with Gasteiger partial charge in [-0.2, -0.15) is 0 Å². The molecule has 2 aromatic heterocycles. The molecular weight excluding hydrogens is 374 g/mol. The van der Waals surface area contributed by atoms with Crippen molar-refractivity contribution in [2.24, 2.45) is 5.73 Å². The number of hydrogen-bond acceptors (Lipinski definition) is 7. The van der Waals surface area contributed by atoms with Crippen molar-refractivity contribution in [3.05, 3.63) is 48.2 Å². The number of benzene rings is 2. The predicted molar refractivity (Wildman–Crippen MR) is 108 cm³/mol. The number of rotatable bonds is 6. The summed E-state index contributed by atoms with van der Waals surface area (Å²) < 4.78 is 1.84. The number of imidazole rings is 1. The Bertz CT molecular complexity index is 1230. The van der Waals surface area contributed by atoms with Crippen LogP contribution in [0.2, 0.25) is 0 Å². The molecule has 0 unspecified atom stereocenters. The Morgan fingerprint density at radius 3 is 2.69 bits per heavy atom. The van der Waals surface area contributed by atoms with Gasteiger partial charge in [0.1, 0.15) is 0 Å². The lowest BCUT2D eigenvalue weighted by Crippen LogP contribution is -2.11. The minimum atomic E-state index is -1.04. The average molecular weight is 393 g/mol. The molecule has 0 aliphatic heterocycles. The second-order valence-electron chi connectivity index (χ2n) is 6.54. The van der Waals surface area contributed by atoms with Crippen LogP contribution in [0.4, 0.5) is 5.82 Å². The molecule has 0 amide bonds. The maximum Gasteiger partial charge on any atom is 0.335 e. The number of nitrogens with two attached hydrogens (primary N) is 1. The molecule has 4 rings (SSSR count). The Kier molecular flexibility index (Phi) is 4.65. The highest BCUT2D eigenvalue weighted by Crippen LogP contribution is 2.33. The van der Waals surface area contributed by atoms with Crippen LogP contribution < -0.4 is 11.1 Å². The molecule has 9 heteroatoms. The lowest BCUT2D eigenvalue weighted by atomic mass is 10.1. The normalized spacial score (nSPS) is 11.2. The number of aromatic carboxylic acids is 1. The van der Waals surface area contributed by atoms with Crippen molar-refractivity contribution in [3.8, 4) is 22.8 Å². The van der Waals surface area contributed by atoms with E-state index in [1.807, 2.05) is 4.40 Å². The van der Waals surface area contributed by atoms with Gasteiger partial charge in [-0.3, -0.25) is 4.40 Å². The van der Waals surface area contributed by atoms with Crippen molar-refractivity contribution in [2.75, 3.05) is 18.4 Å². The molecule has 0 saturated heterocycles. The molecule has 148 valence electrons. The van der Waals surface area contributed by atoms with Crippen LogP contribution in [0.5, 0.6) is 11.5 Å². The third-order valence-corrected chi connectivity index (χ3v) is 4.61. The van der Waals surface area contributed by atoms with E-state index in [9.17, 15) is 20.1 Å². The van der Waals surface area contributed by atoms with Crippen LogP contribution in [-0.4, -0.2) is 48.7 Å². The number of aromatic hydroxyl groups is 2. The maximum atomic E-state index is 11.4. The fourth-order valence-corrected chi connectivity index (χ4v) is 3.18. The molecule has 0 atom stereocenters. The van der Waals surface area contributed by atoms with E-state index < -0.39 is 5.97 Å². The first-order valence-corrected chi connectivity index (χ1v) is 9.00. The highest BCUT2D eigenvalue weighted by molar-refractivity contribution is 5.94. The summed E-state index contributed by atoms with van der Waals surface area (Å²) in [6, 6.07) is 9.19. The smallest absolute Gasteiger partial charge is 0.335 e. The Hall–Kier alpha value is -3.85. The largest absolute Gasteiger partial charge is 0.504 e. The van der Waals surface area contributed by atoms with E-state index >= 15 is 0 Å². The van der Waals surface area contributed by atoms with Crippen molar-refractivity contribution < 1.29 is 20.1 Å². The van der Waals surface area contributed by atoms with Crippen LogP contribution in [0.25, 0.3) is 27.9 Å². The molecule has 0 radical (unpaired) electrons. The molecule has 2 aromatic carbocycles. The molecule has 0 fully saturated rings. The molecule has 0 aliphatic carbocycles. The van der Waals surface area contributed by atoms with Gasteiger partial charge in [0.05, 0.1) is 28.5 Å². The number of carboxylic acid groups (broad SMARTS) is 1. The quantitative estimate of drug-likeness (QED) is 0.248. The van der Waals surface area contributed by atoms with Gasteiger partial charge in [-0.25, -0.2) is 14.8 Å². The van der Waals surface area contributed by atoms with Gasteiger partial charge in [-0.05, 0) is 49.4 Å². The summed E-state index contributed by atoms with van der Waals surface area (Å²) in [4.78, 5) is 20.4. The van der Waals surface area contributed by atoms with Crippen LogP contribution in [0.15, 0.2) is 42.6 Å². The van der Waals surface area contributed by atoms with Gasteiger partial charge in [0.15, 0.2) is 23.0 Å². The highest BCUT2D eigenvalue weighted by atomic mass is 16.4. The van der Waals surface area contributed by atoms with E-state index in [4.69, 9.17) is 5.73 Å². The zero-order valence-corrected chi connectivity index (χ0v) is 15.3. The van der Waals surface area contributed by atoms with E-state index in [2.05, 4.69) is 15.3 Å². The molecule has 0 bridgehead atoms. The Labute approximate surface area is 165 Å². The van der Waals surface area contributed by atoms with Crippen molar-refractivity contribution in [1.29, 1.82) is 0 Å². The van der Waals surface area contributed by atoms with Gasteiger partial charge in [0.25, 0.3) is 0 Å². The van der Waals surface area contributed by atoms with Crippen LogP contribution >= 0.6 is 0 Å². The molecule has 2 heterocycles. The summed E-state index contributed by atoms with van der Waals surface area (Å²) in [7, 11) is 0. The fourth-order valence-electron chi connectivity index (χ4n) is 3.18. The Balaban J connectivity index is 1.99. The van der Waals surface area contributed by atoms with Crippen molar-refractivity contribution in [1.82, 2.24) is 14.4 Å². The number of nitrogens with zero attached hydrogens (tertiary/aromatic N) is 3. The van der Waals surface area contributed by atoms with E-state index in [-0.39, 0.29) is 17.1 Å². The third kappa shape index (κ3) is 3.27. The second kappa shape index (κ2) is 7.28. The predicted octanol–water partition coefficient (Wildman–Crippen LogP) is 2.42. The first-order chi connectivity index (χ1) is 14.0. The second-order valence-corrected chi connectivity index (χ2v) is 6.54. The monoisotopic (exact) mass is 393 g/mol. The molecular formula is C20H19N5O4. The molecule has 0 saturated carbocycles. The van der Waals surface area contributed by atoms with Crippen molar-refractivity contribution >= 4 is 28.5 Å². The summed E-state index contributed by atoms with van der Waals surface area (Å²) >= 11 is 0. The number of carboxylic acids is 1. The Morgan fingerprint density at radius 1 is 1.14 bits per heavy atom. The molecule has 6 N–H and O–H groups in total. The number of carbonyl (C=O) groups is 1. The van der Waals surface area contributed by atoms with Gasteiger partial charge in [0, 0.05) is 12.1 Å². The Morgan fingerprint density at radius 2 is 1.97 bits per heavy atom. The van der Waals surface area contributed by atoms with E-state index in [1.165, 1.54) is 24.3 Å². The van der Waals surface area contributed by atoms with E-state index in [0.29, 0.717) is 46.8 Å². The number of aromatic nitrogens is 3. The van der Waals surface area contributed by atoms with Crippen LogP contribution in [0.3, 0.4) is 0 Å². The molecule has 0 aliphatic rings. The number of phenolic OH excluding ortho intramolecular Hbond substituents is 2. The minimum Gasteiger partial charge on any atom is -0.504 e. The van der Waals surface area contributed by atoms with Crippen molar-refractivity contribution in [3.63, 3.8) is 0 Å². The molecule has 9 nitrogen and oxygen atoms in total. The van der Waals surface area contributed by atoms with Crippen LogP contribution in [-0.2, 0) is 0 Å². The summed E-state index contributed by atoms with van der Waals surface area (Å²) in [6.45, 7) is 1.11. The molecule has 4 aromatic rings. The summed E-state index contributed by atoms with van der Waals surface area (Å²) in [5.41, 5.74) is 8.68. The SMILES string of the molecule is NCCCNc1nc2cc(C(=O)O)ccc2n2c(-c3ccc(O)c(O)c3)cnc12. The number of anilines is 1. The summed E-state index contributed by atoms with van der Waals surface area (Å²) in [6.07, 6.45) is 2.38. The number of nitrogens with one attached hydrogen (secondary N) is 1. The van der Waals surface area contributed by atoms with Gasteiger partial charge >= 0.3 is 5.97 Å². The van der Waals surface area contributed by atoms with Gasteiger partial charge < -0.3 is 26.4 Å². The standard InChI is InChI=1S/C20H19N5O4/c21-6-1-7-22-18-19-23-10-15(11-3-5-16(26)17(27)9-11)25(19)14-4-2-12(20(28)29)8-13(14)24-18/h2-5,8-10,26-27H,1,6-7,21H2,(H,22,24)(H,28,29). The number of fused-ring (bicyclic) bond motifs is 3. The fraction of sp³-hybridized carbons (Fsp3) is 0.150. The van der Waals surface area contributed by atoms with Gasteiger partial charge in [-0.1, -0.05) is 0 Å². The summed E-state index contributed by atoms with van der Waals surface area (Å²) in [5, 5.41) is 32.0. The lowest BCUT2D eigenvalue weighted by Gasteiger charge is -2.12. The molecule has 0 spiro atoms. The molecule has 29 heavy (non-hydrogen) atoms. The van der Waals surface area contributed by atoms with Crippen molar-refractivity contribution in [2.45, 2.75) is 6.42 Å². The average Bonchev–Trinajstić information content (AvgIpc) is 3.15. The van der Waals surface area contributed by atoms with Gasteiger partial charge in [0.2, 0.25) is 0 Å². The van der Waals surface area contributed by atoms with Crippen LogP contribution in [0.1, 0.15) is 16.8 Å². The van der Waals surface area contributed by atoms with E-state index in [1.54, 1.807) is 18.3 Å². The summed E-state index contributed by atoms with van der Waals surface area (Å²) in [5.74, 6) is -1.00. The third-order valence-electron chi connectivity index (χ3n) is 4.61. The lowest BCUT2D eigenvalue weighted by molar-refractivity contribution is 0.0697. The van der Waals surface area contributed by atoms with Crippen LogP contribution in [0, 0.1) is 0 Å². The van der Waals surface area contributed by atoms with E-state index in [0.717, 1.165) is 6.42 Å². The number of phenols is 2. The first-order valence-electron chi connectivity index (χ1n) is 9.00. The topological polar surface area (TPSA) is 146 Å². The first kappa shape index (κ1) is 18.5. The number of hydrogen-bond donors (Lipinski definition) is 5. The highest BCUT2D eigenvalue weighted by Gasteiger charge is 2.17. The zero-order chi connectivity index (χ0) is 20.5. The maximum absolute atomic E-state index is 11.4. The van der Waals surface area contributed by atoms with Gasteiger partial charge in [-0.15, -0.1) is 0 Å². The minimum absolute atomic E-state index is 0.126. The zero-order valence-electron chi connectivity index (χ0n) is 15.3.